The molecule has 0 aromatic heterocycles. The van der Waals surface area contributed by atoms with Crippen molar-refractivity contribution < 1.29 is 4.79 Å². The topological polar surface area (TPSA) is 79.5 Å². The van der Waals surface area contributed by atoms with Crippen LogP contribution < -0.4 is 16.4 Å². The van der Waals surface area contributed by atoms with E-state index in [9.17, 15) is 4.79 Å². The number of aliphatic imine (C=N–C) groups is 1. The lowest BCUT2D eigenvalue weighted by atomic mass is 10.1. The highest BCUT2D eigenvalue weighted by Crippen LogP contribution is 2.15. The Kier molecular flexibility index (Phi) is 7.87. The molecule has 5 nitrogen and oxygen atoms in total. The van der Waals surface area contributed by atoms with Gasteiger partial charge in [0.1, 0.15) is 0 Å². The zero-order valence-corrected chi connectivity index (χ0v) is 12.6. The van der Waals surface area contributed by atoms with E-state index in [1.807, 2.05) is 39.0 Å². The van der Waals surface area contributed by atoms with Crippen molar-refractivity contribution in [2.45, 2.75) is 27.2 Å². The molecule has 0 aliphatic carbocycles. The van der Waals surface area contributed by atoms with Crippen molar-refractivity contribution in [3.8, 4) is 12.0 Å². The van der Waals surface area contributed by atoms with Crippen LogP contribution in [0.2, 0.25) is 0 Å². The number of halogens is 1. The number of anilines is 1. The van der Waals surface area contributed by atoms with Crippen LogP contribution in [0.15, 0.2) is 23.2 Å². The van der Waals surface area contributed by atoms with Gasteiger partial charge in [-0.15, -0.1) is 12.4 Å². The van der Waals surface area contributed by atoms with E-state index in [4.69, 9.17) is 5.73 Å². The van der Waals surface area contributed by atoms with E-state index in [1.54, 1.807) is 0 Å². The SMILES string of the molecule is CCC#CN=C(N)NC(=O)Nc1ccc(C)cc1C.Cl. The van der Waals surface area contributed by atoms with Gasteiger partial charge in [0.05, 0.1) is 0 Å². The molecule has 0 aliphatic heterocycles. The number of benzene rings is 1. The molecule has 0 saturated heterocycles. The third-order valence-corrected chi connectivity index (χ3v) is 2.30. The quantitative estimate of drug-likeness (QED) is 0.423. The minimum Gasteiger partial charge on any atom is -0.369 e. The average molecular weight is 295 g/mol. The van der Waals surface area contributed by atoms with Gasteiger partial charge in [-0.25, -0.2) is 4.79 Å². The number of aryl methyl sites for hydroxylation is 2. The lowest BCUT2D eigenvalue weighted by Gasteiger charge is -2.09. The molecule has 1 aromatic carbocycles. The van der Waals surface area contributed by atoms with Crippen LogP contribution >= 0.6 is 12.4 Å². The Bertz CT molecular complexity index is 558. The number of nitrogens with one attached hydrogen (secondary N) is 2. The predicted molar refractivity (Wildman–Crippen MR) is 85.0 cm³/mol. The van der Waals surface area contributed by atoms with Crippen molar-refractivity contribution >= 4 is 30.1 Å². The largest absolute Gasteiger partial charge is 0.369 e. The summed E-state index contributed by atoms with van der Waals surface area (Å²) in [5.41, 5.74) is 8.36. The van der Waals surface area contributed by atoms with Crippen molar-refractivity contribution in [2.24, 2.45) is 10.7 Å². The fraction of sp³-hybridized carbons (Fsp3) is 0.286. The number of hydrogen-bond acceptors (Lipinski definition) is 2. The molecule has 0 heterocycles. The van der Waals surface area contributed by atoms with Crippen molar-refractivity contribution in [2.75, 3.05) is 5.32 Å². The lowest BCUT2D eigenvalue weighted by molar-refractivity contribution is 0.256. The molecule has 2 amide bonds. The third-order valence-electron chi connectivity index (χ3n) is 2.30. The Morgan fingerprint density at radius 1 is 1.40 bits per heavy atom. The monoisotopic (exact) mass is 294 g/mol. The molecule has 0 spiro atoms. The maximum atomic E-state index is 11.7. The Labute approximate surface area is 125 Å². The van der Waals surface area contributed by atoms with Gasteiger partial charge < -0.3 is 11.1 Å². The van der Waals surface area contributed by atoms with Crippen LogP contribution in [0.5, 0.6) is 0 Å². The molecule has 6 heteroatoms. The van der Waals surface area contributed by atoms with Crippen LogP contribution in [0.1, 0.15) is 24.5 Å². The molecular weight excluding hydrogens is 276 g/mol. The summed E-state index contributed by atoms with van der Waals surface area (Å²) in [6.07, 6.45) is 0.686. The number of carbonyl (C=O) groups is 1. The van der Waals surface area contributed by atoms with E-state index in [0.29, 0.717) is 6.42 Å². The second kappa shape index (κ2) is 8.83. The highest BCUT2D eigenvalue weighted by Gasteiger charge is 2.05. The van der Waals surface area contributed by atoms with Gasteiger partial charge in [0, 0.05) is 18.2 Å². The predicted octanol–water partition coefficient (Wildman–Crippen LogP) is 2.53. The highest BCUT2D eigenvalue weighted by molar-refractivity contribution is 6.02. The van der Waals surface area contributed by atoms with Gasteiger partial charge in [0.25, 0.3) is 0 Å². The van der Waals surface area contributed by atoms with Crippen LogP contribution in [0, 0.1) is 25.8 Å². The van der Waals surface area contributed by atoms with E-state index in [1.165, 1.54) is 0 Å². The summed E-state index contributed by atoms with van der Waals surface area (Å²) in [6, 6.07) is 7.81. The Morgan fingerprint density at radius 3 is 2.70 bits per heavy atom. The highest BCUT2D eigenvalue weighted by atomic mass is 35.5. The van der Waals surface area contributed by atoms with Crippen molar-refractivity contribution in [1.29, 1.82) is 0 Å². The Balaban J connectivity index is 0.00000361. The van der Waals surface area contributed by atoms with Gasteiger partial charge in [0.2, 0.25) is 5.96 Å². The maximum Gasteiger partial charge on any atom is 0.326 e. The third kappa shape index (κ3) is 6.12. The van der Waals surface area contributed by atoms with E-state index in [2.05, 4.69) is 27.6 Å². The van der Waals surface area contributed by atoms with E-state index in [0.717, 1.165) is 16.8 Å². The van der Waals surface area contributed by atoms with Crippen molar-refractivity contribution in [3.05, 3.63) is 29.3 Å². The van der Waals surface area contributed by atoms with Crippen LogP contribution in [0.3, 0.4) is 0 Å². The molecule has 0 fully saturated rings. The molecule has 20 heavy (non-hydrogen) atoms. The molecule has 0 aliphatic rings. The first-order valence-corrected chi connectivity index (χ1v) is 5.99. The molecule has 0 unspecified atom stereocenters. The van der Waals surface area contributed by atoms with E-state index in [-0.39, 0.29) is 18.4 Å². The first-order chi connectivity index (χ1) is 9.02. The molecule has 108 valence electrons. The van der Waals surface area contributed by atoms with Gasteiger partial charge in [0.15, 0.2) is 0 Å². The fourth-order valence-corrected chi connectivity index (χ4v) is 1.43. The zero-order valence-electron chi connectivity index (χ0n) is 11.8. The van der Waals surface area contributed by atoms with Gasteiger partial charge in [-0.05, 0) is 25.5 Å². The van der Waals surface area contributed by atoms with Gasteiger partial charge >= 0.3 is 6.03 Å². The molecule has 0 atom stereocenters. The number of carbonyl (C=O) groups excluding carboxylic acids is 1. The number of guanidine groups is 1. The normalized spacial score (nSPS) is 9.85. The molecule has 1 rings (SSSR count). The first-order valence-electron chi connectivity index (χ1n) is 5.99. The number of rotatable bonds is 1. The summed E-state index contributed by atoms with van der Waals surface area (Å²) in [7, 11) is 0. The summed E-state index contributed by atoms with van der Waals surface area (Å²) >= 11 is 0. The van der Waals surface area contributed by atoms with E-state index >= 15 is 0 Å². The molecular formula is C14H19ClN4O. The lowest BCUT2D eigenvalue weighted by Crippen LogP contribution is -2.39. The number of nitrogens with zero attached hydrogens (tertiary/aromatic N) is 1. The van der Waals surface area contributed by atoms with Crippen LogP contribution in [-0.4, -0.2) is 12.0 Å². The smallest absolute Gasteiger partial charge is 0.326 e. The van der Waals surface area contributed by atoms with E-state index < -0.39 is 6.03 Å². The summed E-state index contributed by atoms with van der Waals surface area (Å²) in [5, 5.41) is 5.10. The van der Waals surface area contributed by atoms with Crippen molar-refractivity contribution in [1.82, 2.24) is 5.32 Å². The molecule has 0 radical (unpaired) electrons. The minimum absolute atomic E-state index is 0. The molecule has 0 saturated carbocycles. The number of amides is 2. The molecule has 1 aromatic rings. The average Bonchev–Trinajstić information content (AvgIpc) is 2.33. The second-order valence-corrected chi connectivity index (χ2v) is 4.04. The van der Waals surface area contributed by atoms with Crippen LogP contribution in [0.25, 0.3) is 0 Å². The summed E-state index contributed by atoms with van der Waals surface area (Å²) in [6.45, 7) is 5.82. The first kappa shape index (κ1) is 17.8. The summed E-state index contributed by atoms with van der Waals surface area (Å²) in [5.74, 6) is 2.70. The Hall–Kier alpha value is -2.19. The number of urea groups is 1. The maximum absolute atomic E-state index is 11.7. The second-order valence-electron chi connectivity index (χ2n) is 4.04. The molecule has 0 bridgehead atoms. The number of hydrogen-bond donors (Lipinski definition) is 3. The van der Waals surface area contributed by atoms with Crippen LogP contribution in [0.4, 0.5) is 10.5 Å². The van der Waals surface area contributed by atoms with Gasteiger partial charge in [-0.3, -0.25) is 5.32 Å². The van der Waals surface area contributed by atoms with Gasteiger partial charge in [-0.2, -0.15) is 4.99 Å². The standard InChI is InChI=1S/C14H18N4O.ClH/c1-4-5-8-16-13(15)18-14(19)17-12-7-6-10(2)9-11(12)3;/h6-7,9H,4H2,1-3H3,(H4,15,16,17,18,19);1H. The summed E-state index contributed by atoms with van der Waals surface area (Å²) < 4.78 is 0. The van der Waals surface area contributed by atoms with Gasteiger partial charge in [-0.1, -0.05) is 30.5 Å². The fourth-order valence-electron chi connectivity index (χ4n) is 1.43. The molecule has 4 N–H and O–H groups in total. The number of nitrogens with two attached hydrogens (primary N) is 1. The zero-order chi connectivity index (χ0) is 14.3. The Morgan fingerprint density at radius 2 is 2.10 bits per heavy atom. The van der Waals surface area contributed by atoms with Crippen molar-refractivity contribution in [3.63, 3.8) is 0 Å². The summed E-state index contributed by atoms with van der Waals surface area (Å²) in [4.78, 5) is 15.4. The minimum atomic E-state index is -0.438. The van der Waals surface area contributed by atoms with Crippen LogP contribution in [-0.2, 0) is 0 Å².